The Morgan fingerprint density at radius 2 is 1.90 bits per heavy atom. The van der Waals surface area contributed by atoms with E-state index in [0.29, 0.717) is 30.0 Å². The van der Waals surface area contributed by atoms with Crippen LogP contribution in [0.2, 0.25) is 0 Å². The van der Waals surface area contributed by atoms with E-state index in [9.17, 15) is 4.79 Å². The van der Waals surface area contributed by atoms with E-state index in [1.54, 1.807) is 25.3 Å². The maximum Gasteiger partial charge on any atom is 0.224 e. The van der Waals surface area contributed by atoms with E-state index < -0.39 is 0 Å². The average molecular weight is 284 g/mol. The van der Waals surface area contributed by atoms with Crippen molar-refractivity contribution in [2.24, 2.45) is 0 Å². The number of benzene rings is 2. The second kappa shape index (κ2) is 6.79. The highest BCUT2D eigenvalue weighted by atomic mass is 16.5. The molecule has 0 bridgehead atoms. The lowest BCUT2D eigenvalue weighted by Gasteiger charge is -2.11. The van der Waals surface area contributed by atoms with Gasteiger partial charge in [-0.25, -0.2) is 0 Å². The van der Waals surface area contributed by atoms with Gasteiger partial charge >= 0.3 is 0 Å². The third-order valence-corrected chi connectivity index (χ3v) is 3.26. The molecule has 3 N–H and O–H groups in total. The second-order valence-electron chi connectivity index (χ2n) is 4.99. The van der Waals surface area contributed by atoms with Gasteiger partial charge in [0.25, 0.3) is 0 Å². The summed E-state index contributed by atoms with van der Waals surface area (Å²) in [4.78, 5) is 12.0. The van der Waals surface area contributed by atoms with Crippen molar-refractivity contribution in [2.45, 2.75) is 19.8 Å². The van der Waals surface area contributed by atoms with E-state index in [2.05, 4.69) is 5.32 Å². The molecule has 0 unspecified atom stereocenters. The summed E-state index contributed by atoms with van der Waals surface area (Å²) >= 11 is 0. The maximum atomic E-state index is 12.0. The number of nitrogens with two attached hydrogens (primary N) is 1. The number of ether oxygens (including phenoxy) is 1. The molecule has 1 amide bonds. The smallest absolute Gasteiger partial charge is 0.224 e. The molecule has 0 saturated heterocycles. The van der Waals surface area contributed by atoms with Gasteiger partial charge in [-0.05, 0) is 37.1 Å². The Bertz CT molecular complexity index is 621. The Labute approximate surface area is 124 Å². The van der Waals surface area contributed by atoms with Crippen molar-refractivity contribution in [3.63, 3.8) is 0 Å². The predicted octanol–water partition coefficient (Wildman–Crippen LogP) is 3.16. The van der Waals surface area contributed by atoms with Gasteiger partial charge in [0.05, 0.1) is 12.8 Å². The summed E-state index contributed by atoms with van der Waals surface area (Å²) in [5, 5.41) is 2.84. The number of rotatable bonds is 5. The summed E-state index contributed by atoms with van der Waals surface area (Å²) < 4.78 is 5.21. The Morgan fingerprint density at radius 1 is 1.19 bits per heavy atom. The fraction of sp³-hybridized carbons (Fsp3) is 0.235. The number of hydrogen-bond acceptors (Lipinski definition) is 3. The van der Waals surface area contributed by atoms with Crippen LogP contribution >= 0.6 is 0 Å². The quantitative estimate of drug-likeness (QED) is 0.829. The van der Waals surface area contributed by atoms with Gasteiger partial charge in [0, 0.05) is 12.1 Å². The molecule has 0 aromatic heterocycles. The maximum absolute atomic E-state index is 12.0. The number of amides is 1. The van der Waals surface area contributed by atoms with Crippen molar-refractivity contribution in [2.75, 3.05) is 18.2 Å². The molecular formula is C17H20N2O2. The Kier molecular flexibility index (Phi) is 4.82. The number of anilines is 2. The topological polar surface area (TPSA) is 64.3 Å². The highest BCUT2D eigenvalue weighted by Crippen LogP contribution is 2.26. The summed E-state index contributed by atoms with van der Waals surface area (Å²) in [7, 11) is 1.56. The van der Waals surface area contributed by atoms with Gasteiger partial charge in [0.15, 0.2) is 0 Å². The van der Waals surface area contributed by atoms with Crippen LogP contribution in [0.15, 0.2) is 42.5 Å². The van der Waals surface area contributed by atoms with Crippen molar-refractivity contribution in [1.82, 2.24) is 0 Å². The number of nitrogen functional groups attached to an aromatic ring is 1. The van der Waals surface area contributed by atoms with Gasteiger partial charge in [0.1, 0.15) is 5.75 Å². The first-order chi connectivity index (χ1) is 10.1. The van der Waals surface area contributed by atoms with Gasteiger partial charge in [0.2, 0.25) is 5.91 Å². The number of carbonyl (C=O) groups excluding carboxylic acids is 1. The first-order valence-electron chi connectivity index (χ1n) is 6.87. The Balaban J connectivity index is 1.95. The van der Waals surface area contributed by atoms with E-state index in [4.69, 9.17) is 10.5 Å². The second-order valence-corrected chi connectivity index (χ2v) is 4.99. The molecule has 0 radical (unpaired) electrons. The molecule has 2 rings (SSSR count). The number of carbonyl (C=O) groups is 1. The van der Waals surface area contributed by atoms with Gasteiger partial charge in [-0.15, -0.1) is 0 Å². The van der Waals surface area contributed by atoms with E-state index in [1.807, 2.05) is 31.2 Å². The lowest BCUT2D eigenvalue weighted by atomic mass is 10.1. The lowest BCUT2D eigenvalue weighted by molar-refractivity contribution is -0.116. The Hall–Kier alpha value is -2.49. The highest BCUT2D eigenvalue weighted by molar-refractivity contribution is 5.93. The van der Waals surface area contributed by atoms with Crippen molar-refractivity contribution in [3.05, 3.63) is 53.6 Å². The van der Waals surface area contributed by atoms with Crippen LogP contribution in [0, 0.1) is 6.92 Å². The number of methoxy groups -OCH3 is 1. The molecule has 110 valence electrons. The molecule has 2 aromatic rings. The molecule has 0 aliphatic carbocycles. The zero-order valence-corrected chi connectivity index (χ0v) is 12.3. The van der Waals surface area contributed by atoms with E-state index in [1.165, 1.54) is 5.56 Å². The molecule has 2 aromatic carbocycles. The van der Waals surface area contributed by atoms with Crippen molar-refractivity contribution < 1.29 is 9.53 Å². The molecule has 4 heteroatoms. The minimum absolute atomic E-state index is 0.0560. The molecule has 0 fully saturated rings. The molecule has 21 heavy (non-hydrogen) atoms. The minimum atomic E-state index is -0.0560. The molecule has 0 heterocycles. The van der Waals surface area contributed by atoms with E-state index in [-0.39, 0.29) is 5.91 Å². The zero-order valence-electron chi connectivity index (χ0n) is 12.3. The standard InChI is InChI=1S/C17H20N2O2/c1-12-3-5-13(6-4-12)7-10-17(20)19-15-11-14(18)8-9-16(15)21-2/h3-6,8-9,11H,7,10,18H2,1-2H3,(H,19,20). The largest absolute Gasteiger partial charge is 0.495 e. The van der Waals surface area contributed by atoms with Crippen LogP contribution in [-0.2, 0) is 11.2 Å². The van der Waals surface area contributed by atoms with Gasteiger partial charge < -0.3 is 15.8 Å². The van der Waals surface area contributed by atoms with Gasteiger partial charge in [-0.2, -0.15) is 0 Å². The molecule has 0 spiro atoms. The monoisotopic (exact) mass is 284 g/mol. The molecular weight excluding hydrogens is 264 g/mol. The van der Waals surface area contributed by atoms with Crippen molar-refractivity contribution in [1.29, 1.82) is 0 Å². The summed E-state index contributed by atoms with van der Waals surface area (Å²) in [6.45, 7) is 2.04. The van der Waals surface area contributed by atoms with Crippen LogP contribution in [0.3, 0.4) is 0 Å². The van der Waals surface area contributed by atoms with Crippen LogP contribution in [0.5, 0.6) is 5.75 Å². The predicted molar refractivity (Wildman–Crippen MR) is 85.5 cm³/mol. The van der Waals surface area contributed by atoms with Crippen LogP contribution in [-0.4, -0.2) is 13.0 Å². The minimum Gasteiger partial charge on any atom is -0.495 e. The lowest BCUT2D eigenvalue weighted by Crippen LogP contribution is -2.13. The van der Waals surface area contributed by atoms with Crippen LogP contribution < -0.4 is 15.8 Å². The number of nitrogens with one attached hydrogen (secondary N) is 1. The molecule has 0 atom stereocenters. The third kappa shape index (κ3) is 4.24. The molecule has 0 saturated carbocycles. The SMILES string of the molecule is COc1ccc(N)cc1NC(=O)CCc1ccc(C)cc1. The highest BCUT2D eigenvalue weighted by Gasteiger charge is 2.08. The van der Waals surface area contributed by atoms with Crippen LogP contribution in [0.4, 0.5) is 11.4 Å². The Morgan fingerprint density at radius 3 is 2.57 bits per heavy atom. The summed E-state index contributed by atoms with van der Waals surface area (Å²) in [6, 6.07) is 13.4. The zero-order chi connectivity index (χ0) is 15.2. The first kappa shape index (κ1) is 14.9. The van der Waals surface area contributed by atoms with E-state index >= 15 is 0 Å². The summed E-state index contributed by atoms with van der Waals surface area (Å²) in [6.07, 6.45) is 1.12. The van der Waals surface area contributed by atoms with Gasteiger partial charge in [-0.1, -0.05) is 29.8 Å². The first-order valence-corrected chi connectivity index (χ1v) is 6.87. The normalized spacial score (nSPS) is 10.2. The molecule has 0 aliphatic heterocycles. The molecule has 4 nitrogen and oxygen atoms in total. The van der Waals surface area contributed by atoms with Crippen LogP contribution in [0.25, 0.3) is 0 Å². The van der Waals surface area contributed by atoms with E-state index in [0.717, 1.165) is 5.56 Å². The fourth-order valence-electron chi connectivity index (χ4n) is 2.05. The van der Waals surface area contributed by atoms with Crippen molar-refractivity contribution >= 4 is 17.3 Å². The number of aryl methyl sites for hydroxylation is 2. The summed E-state index contributed by atoms with van der Waals surface area (Å²) in [5.74, 6) is 0.548. The van der Waals surface area contributed by atoms with Crippen LogP contribution in [0.1, 0.15) is 17.5 Å². The molecule has 0 aliphatic rings. The van der Waals surface area contributed by atoms with Gasteiger partial charge in [-0.3, -0.25) is 4.79 Å². The average Bonchev–Trinajstić information content (AvgIpc) is 2.47. The van der Waals surface area contributed by atoms with Crippen molar-refractivity contribution in [3.8, 4) is 5.75 Å². The third-order valence-electron chi connectivity index (χ3n) is 3.26. The fourth-order valence-corrected chi connectivity index (χ4v) is 2.05. The number of hydrogen-bond donors (Lipinski definition) is 2. The summed E-state index contributed by atoms with van der Waals surface area (Å²) in [5.41, 5.74) is 9.28.